The molecule has 4 nitrogen and oxygen atoms in total. The first-order valence-electron chi connectivity index (χ1n) is 2.73. The van der Waals surface area contributed by atoms with E-state index >= 15 is 0 Å². The second-order valence-corrected chi connectivity index (χ2v) is 1.74. The van der Waals surface area contributed by atoms with Gasteiger partial charge in [0.25, 0.3) is 0 Å². The molecule has 0 heterocycles. The minimum Gasteiger partial charge on any atom is -0.394 e. The number of hydrogen-bond acceptors (Lipinski definition) is 3. The first-order valence-corrected chi connectivity index (χ1v) is 2.73. The summed E-state index contributed by atoms with van der Waals surface area (Å²) in [5.41, 5.74) is 0. The molecule has 0 saturated carbocycles. The molecule has 0 spiro atoms. The fraction of sp³-hybridized carbons (Fsp3) is 1.00. The Morgan fingerprint density at radius 2 is 2.22 bits per heavy atom. The third-order valence-corrected chi connectivity index (χ3v) is 0.734. The summed E-state index contributed by atoms with van der Waals surface area (Å²) in [6.45, 7) is 0.859. The molecule has 0 aliphatic rings. The van der Waals surface area contributed by atoms with Gasteiger partial charge in [0.15, 0.2) is 6.29 Å². The van der Waals surface area contributed by atoms with Gasteiger partial charge in [-0.1, -0.05) is 0 Å². The van der Waals surface area contributed by atoms with Crippen molar-refractivity contribution in [3.05, 3.63) is 0 Å². The molecule has 2 N–H and O–H groups in total. The number of hydrogen-bond donors (Lipinski definition) is 2. The zero-order valence-corrected chi connectivity index (χ0v) is 5.28. The van der Waals surface area contributed by atoms with Crippen molar-refractivity contribution < 1.29 is 20.1 Å². The normalized spacial score (nSPS) is 17.3. The molecule has 0 rings (SSSR count). The fourth-order valence-corrected chi connectivity index (χ4v) is 0.299. The highest BCUT2D eigenvalue weighted by Gasteiger charge is 2.03. The zero-order chi connectivity index (χ0) is 7.28. The number of aliphatic hydroxyl groups is 2. The van der Waals surface area contributed by atoms with Crippen LogP contribution in [0.4, 0.5) is 0 Å². The molecule has 0 aliphatic heterocycles. The fourth-order valence-electron chi connectivity index (χ4n) is 0.299. The van der Waals surface area contributed by atoms with Crippen molar-refractivity contribution >= 4 is 0 Å². The highest BCUT2D eigenvalue weighted by atomic mass is 16.6. The summed E-state index contributed by atoms with van der Waals surface area (Å²) < 4.78 is 4.43. The molecule has 0 aromatic carbocycles. The van der Waals surface area contributed by atoms with E-state index in [4.69, 9.17) is 10.2 Å². The van der Waals surface area contributed by atoms with Crippen LogP contribution in [0.3, 0.4) is 0 Å². The molecule has 0 aromatic heterocycles. The van der Waals surface area contributed by atoms with Crippen molar-refractivity contribution in [2.75, 3.05) is 13.2 Å². The van der Waals surface area contributed by atoms with Crippen LogP contribution in [0.1, 0.15) is 6.92 Å². The van der Waals surface area contributed by atoms with Gasteiger partial charge in [-0.15, -0.1) is 0 Å². The Labute approximate surface area is 53.7 Å². The van der Waals surface area contributed by atoms with Gasteiger partial charge in [0.05, 0.1) is 13.2 Å². The summed E-state index contributed by atoms with van der Waals surface area (Å²) in [5, 5.41) is 26.9. The molecule has 4 heteroatoms. The first kappa shape index (κ1) is 8.84. The highest BCUT2D eigenvalue weighted by molar-refractivity contribution is 4.47. The molecule has 9 heavy (non-hydrogen) atoms. The summed E-state index contributed by atoms with van der Waals surface area (Å²) in [4.78, 5) is 0. The van der Waals surface area contributed by atoms with Gasteiger partial charge in [0.2, 0.25) is 0 Å². The van der Waals surface area contributed by atoms with Crippen LogP contribution < -0.4 is 0 Å². The van der Waals surface area contributed by atoms with Crippen LogP contribution in [-0.2, 0) is 9.84 Å². The third-order valence-electron chi connectivity index (χ3n) is 0.734. The summed E-state index contributed by atoms with van der Waals surface area (Å²) in [6, 6.07) is 0. The predicted molar refractivity (Wildman–Crippen MR) is 29.2 cm³/mol. The van der Waals surface area contributed by atoms with Crippen LogP contribution >= 0.6 is 0 Å². The van der Waals surface area contributed by atoms with Crippen LogP contribution in [0.2, 0.25) is 0 Å². The Balaban J connectivity index is 3.06. The second kappa shape index (κ2) is 4.69. The van der Waals surface area contributed by atoms with Crippen molar-refractivity contribution in [2.45, 2.75) is 19.3 Å². The van der Waals surface area contributed by atoms with Crippen LogP contribution in [-0.4, -0.2) is 35.8 Å². The molecule has 2 atom stereocenters. The van der Waals surface area contributed by atoms with Crippen LogP contribution in [0.15, 0.2) is 0 Å². The minimum atomic E-state index is -1.13. The van der Waals surface area contributed by atoms with Gasteiger partial charge in [0.1, 0.15) is 6.10 Å². The largest absolute Gasteiger partial charge is 0.394 e. The number of rotatable bonds is 4. The monoisotopic (exact) mass is 135 g/mol. The summed E-state index contributed by atoms with van der Waals surface area (Å²) >= 11 is 0. The second-order valence-electron chi connectivity index (χ2n) is 1.74. The predicted octanol–water partition coefficient (Wildman–Crippen LogP) is -0.867. The SMILES string of the molecule is CC([O])OCC(O)CO. The van der Waals surface area contributed by atoms with E-state index in [9.17, 15) is 5.11 Å². The average molecular weight is 135 g/mol. The van der Waals surface area contributed by atoms with E-state index in [0.717, 1.165) is 0 Å². The van der Waals surface area contributed by atoms with Gasteiger partial charge in [-0.2, -0.15) is 0 Å². The first-order chi connectivity index (χ1) is 4.16. The topological polar surface area (TPSA) is 69.6 Å². The molecule has 0 aromatic rings. The van der Waals surface area contributed by atoms with Gasteiger partial charge in [-0.3, -0.25) is 0 Å². The van der Waals surface area contributed by atoms with Crippen molar-refractivity contribution in [2.24, 2.45) is 0 Å². The van der Waals surface area contributed by atoms with Gasteiger partial charge >= 0.3 is 0 Å². The maximum atomic E-state index is 10.1. The smallest absolute Gasteiger partial charge is 0.188 e. The molecular formula is C5H11O4. The lowest BCUT2D eigenvalue weighted by Crippen LogP contribution is -2.22. The molecule has 55 valence electrons. The molecule has 0 saturated heterocycles. The zero-order valence-electron chi connectivity index (χ0n) is 5.28. The summed E-state index contributed by atoms with van der Waals surface area (Å²) in [6.07, 6.45) is -2.06. The van der Waals surface area contributed by atoms with Crippen molar-refractivity contribution in [1.29, 1.82) is 0 Å². The minimum absolute atomic E-state index is 0.0961. The Kier molecular flexibility index (Phi) is 4.61. The van der Waals surface area contributed by atoms with Crippen LogP contribution in [0, 0.1) is 0 Å². The Bertz CT molecular complexity index is 64.0. The third kappa shape index (κ3) is 5.72. The van der Waals surface area contributed by atoms with Gasteiger partial charge in [0, 0.05) is 0 Å². The summed E-state index contributed by atoms with van der Waals surface area (Å²) in [7, 11) is 0. The van der Waals surface area contributed by atoms with Crippen LogP contribution in [0.5, 0.6) is 0 Å². The van der Waals surface area contributed by atoms with Crippen molar-refractivity contribution in [3.63, 3.8) is 0 Å². The number of aliphatic hydroxyl groups excluding tert-OH is 2. The van der Waals surface area contributed by atoms with Gasteiger partial charge in [-0.25, -0.2) is 5.11 Å². The Morgan fingerprint density at radius 1 is 1.67 bits per heavy atom. The Hall–Kier alpha value is -0.160. The standard InChI is InChI=1S/C5H11O4/c1-4(7)9-3-5(8)2-6/h4-6,8H,2-3H2,1H3. The average Bonchev–Trinajstić information content (AvgIpc) is 1.83. The lowest BCUT2D eigenvalue weighted by atomic mass is 10.4. The molecule has 2 unspecified atom stereocenters. The van der Waals surface area contributed by atoms with Crippen molar-refractivity contribution in [1.82, 2.24) is 0 Å². The molecule has 0 aliphatic carbocycles. The molecule has 0 bridgehead atoms. The van der Waals surface area contributed by atoms with Gasteiger partial charge in [-0.05, 0) is 6.92 Å². The lowest BCUT2D eigenvalue weighted by Gasteiger charge is -2.07. The highest BCUT2D eigenvalue weighted by Crippen LogP contribution is 1.88. The van der Waals surface area contributed by atoms with E-state index in [1.54, 1.807) is 0 Å². The molecule has 0 fully saturated rings. The maximum Gasteiger partial charge on any atom is 0.188 e. The quantitative estimate of drug-likeness (QED) is 0.492. The maximum absolute atomic E-state index is 10.1. The molecule has 1 radical (unpaired) electrons. The van der Waals surface area contributed by atoms with E-state index < -0.39 is 12.4 Å². The molecular weight excluding hydrogens is 124 g/mol. The molecule has 0 amide bonds. The summed E-state index contributed by atoms with van der Waals surface area (Å²) in [5.74, 6) is 0. The van der Waals surface area contributed by atoms with E-state index in [0.29, 0.717) is 0 Å². The number of ether oxygens (including phenoxy) is 1. The van der Waals surface area contributed by atoms with Crippen LogP contribution in [0.25, 0.3) is 0 Å². The lowest BCUT2D eigenvalue weighted by molar-refractivity contribution is -0.147. The van der Waals surface area contributed by atoms with E-state index in [2.05, 4.69) is 4.74 Å². The van der Waals surface area contributed by atoms with E-state index in [-0.39, 0.29) is 13.2 Å². The van der Waals surface area contributed by atoms with Gasteiger partial charge < -0.3 is 14.9 Å². The van der Waals surface area contributed by atoms with E-state index in [1.807, 2.05) is 0 Å². The van der Waals surface area contributed by atoms with E-state index in [1.165, 1.54) is 6.92 Å². The Morgan fingerprint density at radius 3 is 2.56 bits per heavy atom. The van der Waals surface area contributed by atoms with Crippen molar-refractivity contribution in [3.8, 4) is 0 Å².